The number of H-pyrrole nitrogens is 1. The maximum absolute atomic E-state index is 12.4. The minimum atomic E-state index is -0.0484. The molecule has 5 heteroatoms. The van der Waals surface area contributed by atoms with Gasteiger partial charge in [-0.25, -0.2) is 9.50 Å². The molecule has 4 rings (SSSR count). The minimum Gasteiger partial charge on any atom is -0.316 e. The Morgan fingerprint density at radius 2 is 2.05 bits per heavy atom. The topological polar surface area (TPSA) is 62.2 Å². The van der Waals surface area contributed by atoms with Crippen molar-refractivity contribution in [3.63, 3.8) is 0 Å². The molecule has 0 saturated carbocycles. The average Bonchev–Trinajstić information content (AvgIpc) is 3.01. The van der Waals surface area contributed by atoms with Gasteiger partial charge in [0.05, 0.1) is 11.4 Å². The molecule has 5 nitrogen and oxygen atoms in total. The molecule has 1 aliphatic rings. The molecule has 1 unspecified atom stereocenters. The van der Waals surface area contributed by atoms with Crippen LogP contribution < -0.4 is 10.9 Å². The maximum Gasteiger partial charge on any atom is 0.272 e. The van der Waals surface area contributed by atoms with Crippen molar-refractivity contribution in [3.8, 4) is 11.3 Å². The van der Waals surface area contributed by atoms with Crippen LogP contribution in [0.15, 0.2) is 47.3 Å². The fourth-order valence-corrected chi connectivity index (χ4v) is 3.09. The van der Waals surface area contributed by atoms with E-state index in [1.165, 1.54) is 4.52 Å². The predicted molar refractivity (Wildman–Crippen MR) is 86.1 cm³/mol. The van der Waals surface area contributed by atoms with Crippen LogP contribution in [0.5, 0.6) is 0 Å². The smallest absolute Gasteiger partial charge is 0.272 e. The lowest BCUT2D eigenvalue weighted by Crippen LogP contribution is -2.30. The Bertz CT molecular complexity index is 844. The highest BCUT2D eigenvalue weighted by molar-refractivity contribution is 5.63. The Morgan fingerprint density at radius 3 is 2.82 bits per heavy atom. The van der Waals surface area contributed by atoms with E-state index in [0.29, 0.717) is 11.6 Å². The van der Waals surface area contributed by atoms with Gasteiger partial charge in [-0.15, -0.1) is 0 Å². The van der Waals surface area contributed by atoms with E-state index in [4.69, 9.17) is 4.98 Å². The van der Waals surface area contributed by atoms with E-state index in [0.717, 1.165) is 42.9 Å². The Balaban J connectivity index is 1.79. The first kappa shape index (κ1) is 13.3. The third-order valence-corrected chi connectivity index (χ3v) is 4.27. The molecule has 0 radical (unpaired) electrons. The van der Waals surface area contributed by atoms with Gasteiger partial charge in [0, 0.05) is 24.6 Å². The second-order valence-corrected chi connectivity index (χ2v) is 5.79. The molecule has 3 heterocycles. The summed E-state index contributed by atoms with van der Waals surface area (Å²) < 4.78 is 1.52. The maximum atomic E-state index is 12.4. The molecular weight excluding hydrogens is 276 g/mol. The number of fused-ring (bicyclic) bond motifs is 1. The van der Waals surface area contributed by atoms with E-state index < -0.39 is 0 Å². The van der Waals surface area contributed by atoms with Gasteiger partial charge >= 0.3 is 0 Å². The monoisotopic (exact) mass is 294 g/mol. The van der Waals surface area contributed by atoms with Gasteiger partial charge in [-0.2, -0.15) is 0 Å². The van der Waals surface area contributed by atoms with Crippen molar-refractivity contribution >= 4 is 5.65 Å². The number of rotatable bonds is 2. The van der Waals surface area contributed by atoms with Gasteiger partial charge in [0.1, 0.15) is 0 Å². The SMILES string of the molecule is O=c1cc(C2CCCNC2)nc2cc(-c3ccccc3)[nH]n12. The van der Waals surface area contributed by atoms with Crippen molar-refractivity contribution in [2.24, 2.45) is 0 Å². The van der Waals surface area contributed by atoms with E-state index in [2.05, 4.69) is 10.4 Å². The first-order chi connectivity index (χ1) is 10.8. The highest BCUT2D eigenvalue weighted by atomic mass is 16.1. The first-order valence-electron chi connectivity index (χ1n) is 7.70. The third-order valence-electron chi connectivity index (χ3n) is 4.27. The highest BCUT2D eigenvalue weighted by Crippen LogP contribution is 2.22. The van der Waals surface area contributed by atoms with Gasteiger partial charge in [-0.1, -0.05) is 30.3 Å². The van der Waals surface area contributed by atoms with Gasteiger partial charge in [0.2, 0.25) is 0 Å². The van der Waals surface area contributed by atoms with Crippen molar-refractivity contribution in [2.75, 3.05) is 13.1 Å². The number of nitrogens with zero attached hydrogens (tertiary/aromatic N) is 2. The van der Waals surface area contributed by atoms with E-state index in [1.54, 1.807) is 6.07 Å². The number of benzene rings is 1. The summed E-state index contributed by atoms with van der Waals surface area (Å²) in [5.41, 5.74) is 3.49. The van der Waals surface area contributed by atoms with E-state index in [-0.39, 0.29) is 5.56 Å². The zero-order valence-electron chi connectivity index (χ0n) is 12.2. The Labute approximate surface area is 128 Å². The molecule has 0 bridgehead atoms. The fourth-order valence-electron chi connectivity index (χ4n) is 3.09. The summed E-state index contributed by atoms with van der Waals surface area (Å²) in [5, 5.41) is 6.51. The van der Waals surface area contributed by atoms with E-state index in [9.17, 15) is 4.79 Å². The first-order valence-corrected chi connectivity index (χ1v) is 7.70. The molecule has 0 spiro atoms. The minimum absolute atomic E-state index is 0.0484. The molecule has 1 fully saturated rings. The van der Waals surface area contributed by atoms with Crippen molar-refractivity contribution in [1.82, 2.24) is 19.9 Å². The summed E-state index contributed by atoms with van der Waals surface area (Å²) in [6.45, 7) is 1.96. The van der Waals surface area contributed by atoms with Gasteiger partial charge in [0.25, 0.3) is 5.56 Å². The van der Waals surface area contributed by atoms with Crippen LogP contribution in [-0.4, -0.2) is 27.7 Å². The molecule has 1 atom stereocenters. The normalized spacial score (nSPS) is 18.6. The Hall–Kier alpha value is -2.40. The molecule has 2 N–H and O–H groups in total. The van der Waals surface area contributed by atoms with Crippen LogP contribution in [0.25, 0.3) is 16.9 Å². The average molecular weight is 294 g/mol. The van der Waals surface area contributed by atoms with Crippen molar-refractivity contribution < 1.29 is 0 Å². The van der Waals surface area contributed by atoms with Gasteiger partial charge in [-0.3, -0.25) is 9.89 Å². The Kier molecular flexibility index (Phi) is 3.27. The van der Waals surface area contributed by atoms with Crippen LogP contribution in [0.4, 0.5) is 0 Å². The summed E-state index contributed by atoms with van der Waals surface area (Å²) >= 11 is 0. The summed E-state index contributed by atoms with van der Waals surface area (Å²) in [7, 11) is 0. The van der Waals surface area contributed by atoms with Gasteiger partial charge < -0.3 is 5.32 Å². The number of piperidine rings is 1. The second-order valence-electron chi connectivity index (χ2n) is 5.79. The van der Waals surface area contributed by atoms with Crippen molar-refractivity contribution in [1.29, 1.82) is 0 Å². The molecule has 22 heavy (non-hydrogen) atoms. The molecule has 1 aromatic carbocycles. The lowest BCUT2D eigenvalue weighted by molar-refractivity contribution is 0.454. The van der Waals surface area contributed by atoms with Crippen molar-refractivity contribution in [3.05, 3.63) is 58.5 Å². The number of hydrogen-bond donors (Lipinski definition) is 2. The zero-order chi connectivity index (χ0) is 14.9. The van der Waals surface area contributed by atoms with E-state index in [1.807, 2.05) is 36.4 Å². The largest absolute Gasteiger partial charge is 0.316 e. The lowest BCUT2D eigenvalue weighted by atomic mass is 9.96. The molecular formula is C17H18N4O. The quantitative estimate of drug-likeness (QED) is 0.761. The highest BCUT2D eigenvalue weighted by Gasteiger charge is 2.18. The zero-order valence-corrected chi connectivity index (χ0v) is 12.2. The molecule has 112 valence electrons. The van der Waals surface area contributed by atoms with Crippen LogP contribution in [0.2, 0.25) is 0 Å². The van der Waals surface area contributed by atoms with E-state index >= 15 is 0 Å². The second kappa shape index (κ2) is 5.42. The molecule has 1 saturated heterocycles. The molecule has 2 aromatic heterocycles. The van der Waals surface area contributed by atoms with Crippen LogP contribution in [0, 0.1) is 0 Å². The summed E-state index contributed by atoms with van der Waals surface area (Å²) in [5.74, 6) is 0.335. The fraction of sp³-hybridized carbons (Fsp3) is 0.294. The van der Waals surface area contributed by atoms with Crippen LogP contribution >= 0.6 is 0 Å². The molecule has 1 aliphatic heterocycles. The lowest BCUT2D eigenvalue weighted by Gasteiger charge is -2.21. The third kappa shape index (κ3) is 2.33. The number of hydrogen-bond acceptors (Lipinski definition) is 3. The predicted octanol–water partition coefficient (Wildman–Crippen LogP) is 2.16. The Morgan fingerprint density at radius 1 is 1.18 bits per heavy atom. The van der Waals surface area contributed by atoms with Crippen LogP contribution in [0.1, 0.15) is 24.5 Å². The summed E-state index contributed by atoms with van der Waals surface area (Å²) in [6, 6.07) is 13.6. The number of aromatic nitrogens is 3. The summed E-state index contributed by atoms with van der Waals surface area (Å²) in [4.78, 5) is 17.1. The number of nitrogens with one attached hydrogen (secondary N) is 2. The van der Waals surface area contributed by atoms with Gasteiger partial charge in [0.15, 0.2) is 5.65 Å². The number of aromatic amines is 1. The molecule has 0 aliphatic carbocycles. The van der Waals surface area contributed by atoms with Gasteiger partial charge in [-0.05, 0) is 24.9 Å². The molecule has 3 aromatic rings. The van der Waals surface area contributed by atoms with Crippen molar-refractivity contribution in [2.45, 2.75) is 18.8 Å². The van der Waals surface area contributed by atoms with Crippen LogP contribution in [-0.2, 0) is 0 Å². The standard InChI is InChI=1S/C17H18N4O/c22-17-10-14(13-7-4-8-18-11-13)19-16-9-15(20-21(16)17)12-5-2-1-3-6-12/h1-3,5-6,9-10,13,18,20H,4,7-8,11H2. The summed E-state index contributed by atoms with van der Waals surface area (Å²) in [6.07, 6.45) is 2.22. The van der Waals surface area contributed by atoms with Crippen LogP contribution in [0.3, 0.4) is 0 Å². The molecule has 0 amide bonds.